The molecule has 0 saturated heterocycles. The number of halogens is 2. The van der Waals surface area contributed by atoms with Crippen molar-refractivity contribution in [1.29, 1.82) is 0 Å². The Kier molecular flexibility index (Phi) is 18.5. The number of methoxy groups -OCH3 is 1. The number of hydrogen-bond donors (Lipinski definition) is 4. The van der Waals surface area contributed by atoms with E-state index in [2.05, 4.69) is 31.4 Å². The summed E-state index contributed by atoms with van der Waals surface area (Å²) in [4.78, 5) is 25.0. The van der Waals surface area contributed by atoms with Crippen LogP contribution in [-0.4, -0.2) is 48.8 Å². The minimum atomic E-state index is -0.423. The van der Waals surface area contributed by atoms with Crippen LogP contribution in [0.5, 0.6) is 5.75 Å². The van der Waals surface area contributed by atoms with Crippen molar-refractivity contribution in [3.05, 3.63) is 65.2 Å². The highest BCUT2D eigenvalue weighted by molar-refractivity contribution is 5.89. The Bertz CT molecular complexity index is 956. The Balaban J connectivity index is 0.00000722. The van der Waals surface area contributed by atoms with Crippen LogP contribution in [0.25, 0.3) is 0 Å². The SMILES string of the molecule is CCCC[C@H](N)CNC(=O)[C@H](Cc1ccc(O)cc1)N[C@H](CCc1ccc(C(=O)OC)cc1)CC(C)C.Cl.Cl. The molecular weight excluding hydrogens is 537 g/mol. The normalized spacial score (nSPS) is 13.0. The lowest BCUT2D eigenvalue weighted by Crippen LogP contribution is -2.51. The minimum Gasteiger partial charge on any atom is -0.508 e. The maximum absolute atomic E-state index is 13.3. The second-order valence-electron chi connectivity index (χ2n) is 10.3. The number of phenols is 1. The number of hydrogen-bond acceptors (Lipinski definition) is 6. The molecule has 2 aromatic rings. The summed E-state index contributed by atoms with van der Waals surface area (Å²) in [7, 11) is 1.38. The topological polar surface area (TPSA) is 114 Å². The van der Waals surface area contributed by atoms with Gasteiger partial charge in [-0.3, -0.25) is 4.79 Å². The predicted octanol–water partition coefficient (Wildman–Crippen LogP) is 5.20. The largest absolute Gasteiger partial charge is 0.508 e. The maximum atomic E-state index is 13.3. The number of unbranched alkanes of at least 4 members (excludes halogenated alkanes) is 1. The van der Waals surface area contributed by atoms with Gasteiger partial charge in [-0.15, -0.1) is 24.8 Å². The van der Waals surface area contributed by atoms with E-state index in [1.807, 2.05) is 24.3 Å². The summed E-state index contributed by atoms with van der Waals surface area (Å²) in [6, 6.07) is 14.1. The number of ether oxygens (including phenoxy) is 1. The molecule has 0 saturated carbocycles. The zero-order valence-corrected chi connectivity index (χ0v) is 25.3. The minimum absolute atomic E-state index is 0. The first kappa shape index (κ1) is 36.7. The van der Waals surface area contributed by atoms with Crippen LogP contribution in [0, 0.1) is 5.92 Å². The third kappa shape index (κ3) is 14.0. The number of aryl methyl sites for hydroxylation is 1. The van der Waals surface area contributed by atoms with Crippen LogP contribution in [0.3, 0.4) is 0 Å². The van der Waals surface area contributed by atoms with Crippen LogP contribution in [0.2, 0.25) is 0 Å². The van der Waals surface area contributed by atoms with Crippen molar-refractivity contribution in [3.8, 4) is 5.75 Å². The molecule has 2 rings (SSSR count). The highest BCUT2D eigenvalue weighted by Gasteiger charge is 2.24. The Morgan fingerprint density at radius 3 is 2.15 bits per heavy atom. The Labute approximate surface area is 246 Å². The fourth-order valence-electron chi connectivity index (χ4n) is 4.41. The van der Waals surface area contributed by atoms with Crippen molar-refractivity contribution in [2.75, 3.05) is 13.7 Å². The molecule has 0 unspecified atom stereocenters. The van der Waals surface area contributed by atoms with Crippen LogP contribution in [-0.2, 0) is 22.4 Å². The molecular formula is C30H47Cl2N3O4. The molecule has 0 spiro atoms. The zero-order chi connectivity index (χ0) is 27.2. The molecule has 0 aliphatic heterocycles. The molecule has 7 nitrogen and oxygen atoms in total. The summed E-state index contributed by atoms with van der Waals surface area (Å²) < 4.78 is 4.78. The lowest BCUT2D eigenvalue weighted by Gasteiger charge is -2.27. The highest BCUT2D eigenvalue weighted by atomic mass is 35.5. The van der Waals surface area contributed by atoms with Crippen LogP contribution in [0.1, 0.15) is 74.4 Å². The van der Waals surface area contributed by atoms with Gasteiger partial charge in [-0.25, -0.2) is 4.79 Å². The average Bonchev–Trinajstić information content (AvgIpc) is 2.89. The van der Waals surface area contributed by atoms with Gasteiger partial charge in [0, 0.05) is 18.6 Å². The number of nitrogens with two attached hydrogens (primary N) is 1. The molecule has 2 aromatic carbocycles. The highest BCUT2D eigenvalue weighted by Crippen LogP contribution is 2.16. The molecule has 0 heterocycles. The van der Waals surface area contributed by atoms with E-state index in [-0.39, 0.29) is 54.5 Å². The fourth-order valence-corrected chi connectivity index (χ4v) is 4.41. The number of phenolic OH excluding ortho intramolecular Hbond substituents is 1. The average molecular weight is 585 g/mol. The van der Waals surface area contributed by atoms with Gasteiger partial charge in [0.05, 0.1) is 18.7 Å². The van der Waals surface area contributed by atoms with E-state index in [0.29, 0.717) is 24.4 Å². The zero-order valence-electron chi connectivity index (χ0n) is 23.7. The molecule has 0 aliphatic carbocycles. The summed E-state index contributed by atoms with van der Waals surface area (Å²) in [5.74, 6) is 0.258. The number of benzene rings is 2. The predicted molar refractivity (Wildman–Crippen MR) is 163 cm³/mol. The van der Waals surface area contributed by atoms with Crippen LogP contribution in [0.15, 0.2) is 48.5 Å². The van der Waals surface area contributed by atoms with Crippen LogP contribution < -0.4 is 16.4 Å². The van der Waals surface area contributed by atoms with E-state index in [0.717, 1.165) is 49.7 Å². The van der Waals surface area contributed by atoms with Crippen LogP contribution in [0.4, 0.5) is 0 Å². The Morgan fingerprint density at radius 1 is 0.974 bits per heavy atom. The number of carbonyl (C=O) groups is 2. The summed E-state index contributed by atoms with van der Waals surface area (Å²) in [6.45, 7) is 6.95. The quantitative estimate of drug-likeness (QED) is 0.202. The number of amides is 1. The number of carbonyl (C=O) groups excluding carboxylic acids is 2. The van der Waals surface area contributed by atoms with Gasteiger partial charge < -0.3 is 26.2 Å². The van der Waals surface area contributed by atoms with Gasteiger partial charge in [-0.2, -0.15) is 0 Å². The number of aromatic hydroxyl groups is 1. The van der Waals surface area contributed by atoms with E-state index in [1.54, 1.807) is 24.3 Å². The Hall–Kier alpha value is -2.32. The Morgan fingerprint density at radius 2 is 1.59 bits per heavy atom. The second kappa shape index (κ2) is 19.7. The van der Waals surface area contributed by atoms with E-state index < -0.39 is 6.04 Å². The molecule has 220 valence electrons. The first-order valence-electron chi connectivity index (χ1n) is 13.5. The maximum Gasteiger partial charge on any atom is 0.337 e. The van der Waals surface area contributed by atoms with Crippen molar-refractivity contribution >= 4 is 36.7 Å². The molecule has 3 atom stereocenters. The van der Waals surface area contributed by atoms with Crippen molar-refractivity contribution < 1.29 is 19.4 Å². The molecule has 9 heteroatoms. The molecule has 39 heavy (non-hydrogen) atoms. The van der Waals surface area contributed by atoms with Gasteiger partial charge >= 0.3 is 5.97 Å². The van der Waals surface area contributed by atoms with Gasteiger partial charge in [0.15, 0.2) is 0 Å². The van der Waals surface area contributed by atoms with Crippen molar-refractivity contribution in [3.63, 3.8) is 0 Å². The molecule has 0 fully saturated rings. The first-order chi connectivity index (χ1) is 17.7. The lowest BCUT2D eigenvalue weighted by molar-refractivity contribution is -0.123. The van der Waals surface area contributed by atoms with Gasteiger partial charge in [0.25, 0.3) is 0 Å². The first-order valence-corrected chi connectivity index (χ1v) is 13.5. The van der Waals surface area contributed by atoms with E-state index >= 15 is 0 Å². The van der Waals surface area contributed by atoms with Crippen molar-refractivity contribution in [1.82, 2.24) is 10.6 Å². The molecule has 0 aromatic heterocycles. The second-order valence-corrected chi connectivity index (χ2v) is 10.3. The number of nitrogens with one attached hydrogen (secondary N) is 2. The van der Waals surface area contributed by atoms with Gasteiger partial charge in [-0.1, -0.05) is 57.9 Å². The standard InChI is InChI=1S/C30H45N3O4.2ClH/c1-5-6-7-25(31)20-32-29(35)28(19-23-11-16-27(34)17-12-23)33-26(18-21(2)3)15-10-22-8-13-24(14-9-22)30(36)37-4;;/h8-9,11-14,16-17,21,25-26,28,33-34H,5-7,10,15,18-20,31H2,1-4H3,(H,32,35);2*1H/t25-,26+,28-;;/m0../s1. The van der Waals surface area contributed by atoms with Gasteiger partial charge in [0.2, 0.25) is 5.91 Å². The third-order valence-electron chi connectivity index (χ3n) is 6.51. The molecule has 0 radical (unpaired) electrons. The number of rotatable bonds is 16. The van der Waals surface area contributed by atoms with Crippen LogP contribution >= 0.6 is 24.8 Å². The molecule has 0 aliphatic rings. The summed E-state index contributed by atoms with van der Waals surface area (Å²) in [6.07, 6.45) is 6.12. The smallest absolute Gasteiger partial charge is 0.337 e. The summed E-state index contributed by atoms with van der Waals surface area (Å²) >= 11 is 0. The number of esters is 1. The van der Waals surface area contributed by atoms with Gasteiger partial charge in [0.1, 0.15) is 5.75 Å². The monoisotopic (exact) mass is 583 g/mol. The molecule has 1 amide bonds. The third-order valence-corrected chi connectivity index (χ3v) is 6.51. The lowest BCUT2D eigenvalue weighted by atomic mass is 9.95. The fraction of sp³-hybridized carbons (Fsp3) is 0.533. The molecule has 0 bridgehead atoms. The van der Waals surface area contributed by atoms with E-state index in [9.17, 15) is 14.7 Å². The van der Waals surface area contributed by atoms with Crippen molar-refractivity contribution in [2.24, 2.45) is 11.7 Å². The van der Waals surface area contributed by atoms with Crippen molar-refractivity contribution in [2.45, 2.75) is 83.8 Å². The van der Waals surface area contributed by atoms with E-state index in [1.165, 1.54) is 7.11 Å². The summed E-state index contributed by atoms with van der Waals surface area (Å²) in [5, 5.41) is 16.4. The molecule has 5 N–H and O–H groups in total. The summed E-state index contributed by atoms with van der Waals surface area (Å²) in [5.41, 5.74) is 8.84. The van der Waals surface area contributed by atoms with E-state index in [4.69, 9.17) is 10.5 Å². The van der Waals surface area contributed by atoms with Gasteiger partial charge in [-0.05, 0) is 73.4 Å².